The standard InChI is InChI=1S/C16H18N2/c1-11-10-14(16(18)12(2)15(11)17)9-8-13-6-4-3-5-7-13/h3-10H,17-18H2,1-2H3. The molecule has 0 aliphatic rings. The van der Waals surface area contributed by atoms with Gasteiger partial charge in [0.2, 0.25) is 0 Å². The minimum Gasteiger partial charge on any atom is -0.398 e. The number of hydrogen-bond acceptors (Lipinski definition) is 2. The van der Waals surface area contributed by atoms with Gasteiger partial charge in [-0.15, -0.1) is 0 Å². The predicted molar refractivity (Wildman–Crippen MR) is 80.1 cm³/mol. The molecule has 0 amide bonds. The molecule has 0 aliphatic carbocycles. The molecule has 0 bridgehead atoms. The van der Waals surface area contributed by atoms with Crippen molar-refractivity contribution in [3.8, 4) is 0 Å². The van der Waals surface area contributed by atoms with Crippen LogP contribution in [0.15, 0.2) is 36.4 Å². The molecule has 2 rings (SSSR count). The van der Waals surface area contributed by atoms with E-state index in [9.17, 15) is 0 Å². The van der Waals surface area contributed by atoms with Crippen molar-refractivity contribution < 1.29 is 0 Å². The molecule has 0 aliphatic heterocycles. The van der Waals surface area contributed by atoms with Gasteiger partial charge in [0.15, 0.2) is 0 Å². The fourth-order valence-electron chi connectivity index (χ4n) is 1.93. The molecule has 4 N–H and O–H groups in total. The quantitative estimate of drug-likeness (QED) is 0.620. The van der Waals surface area contributed by atoms with E-state index in [-0.39, 0.29) is 0 Å². The first kappa shape index (κ1) is 12.2. The van der Waals surface area contributed by atoms with Gasteiger partial charge in [0.25, 0.3) is 0 Å². The van der Waals surface area contributed by atoms with E-state index in [1.165, 1.54) is 0 Å². The number of benzene rings is 2. The van der Waals surface area contributed by atoms with Crippen LogP contribution in [-0.2, 0) is 0 Å². The van der Waals surface area contributed by atoms with Gasteiger partial charge >= 0.3 is 0 Å². The molecule has 2 heteroatoms. The highest BCUT2D eigenvalue weighted by Gasteiger charge is 2.06. The Morgan fingerprint density at radius 3 is 2.22 bits per heavy atom. The van der Waals surface area contributed by atoms with Crippen LogP contribution in [-0.4, -0.2) is 0 Å². The third-order valence-corrected chi connectivity index (χ3v) is 3.17. The summed E-state index contributed by atoms with van der Waals surface area (Å²) in [5, 5.41) is 0. The number of hydrogen-bond donors (Lipinski definition) is 2. The second-order valence-electron chi connectivity index (χ2n) is 4.48. The molecule has 92 valence electrons. The van der Waals surface area contributed by atoms with Crippen molar-refractivity contribution in [2.75, 3.05) is 11.5 Å². The maximum atomic E-state index is 6.09. The summed E-state index contributed by atoms with van der Waals surface area (Å²) < 4.78 is 0. The third-order valence-electron chi connectivity index (χ3n) is 3.17. The van der Waals surface area contributed by atoms with E-state index in [4.69, 9.17) is 11.5 Å². The van der Waals surface area contributed by atoms with E-state index >= 15 is 0 Å². The van der Waals surface area contributed by atoms with Crippen LogP contribution in [0.5, 0.6) is 0 Å². The molecular weight excluding hydrogens is 220 g/mol. The zero-order valence-corrected chi connectivity index (χ0v) is 10.8. The Balaban J connectivity index is 2.39. The van der Waals surface area contributed by atoms with Gasteiger partial charge < -0.3 is 11.5 Å². The highest BCUT2D eigenvalue weighted by atomic mass is 14.6. The van der Waals surface area contributed by atoms with E-state index in [0.29, 0.717) is 0 Å². The SMILES string of the molecule is Cc1cc(C=Cc2ccccc2)c(N)c(C)c1N. The summed E-state index contributed by atoms with van der Waals surface area (Å²) in [6.07, 6.45) is 4.09. The number of rotatable bonds is 2. The first-order valence-corrected chi connectivity index (χ1v) is 5.98. The van der Waals surface area contributed by atoms with Gasteiger partial charge in [0.1, 0.15) is 0 Å². The molecule has 0 unspecified atom stereocenters. The first-order chi connectivity index (χ1) is 8.59. The summed E-state index contributed by atoms with van der Waals surface area (Å²) in [5.41, 5.74) is 17.8. The molecule has 0 spiro atoms. The van der Waals surface area contributed by atoms with Crippen LogP contribution in [0.25, 0.3) is 12.2 Å². The number of anilines is 2. The maximum absolute atomic E-state index is 6.09. The zero-order valence-electron chi connectivity index (χ0n) is 10.8. The lowest BCUT2D eigenvalue weighted by atomic mass is 10.0. The summed E-state index contributed by atoms with van der Waals surface area (Å²) >= 11 is 0. The summed E-state index contributed by atoms with van der Waals surface area (Å²) in [6, 6.07) is 12.2. The molecule has 0 saturated carbocycles. The highest BCUT2D eigenvalue weighted by Crippen LogP contribution is 2.27. The predicted octanol–water partition coefficient (Wildman–Crippen LogP) is 3.64. The second-order valence-corrected chi connectivity index (χ2v) is 4.48. The van der Waals surface area contributed by atoms with Gasteiger partial charge in [-0.05, 0) is 42.2 Å². The molecule has 2 aromatic carbocycles. The molecule has 0 aromatic heterocycles. The minimum atomic E-state index is 0.755. The average molecular weight is 238 g/mol. The van der Waals surface area contributed by atoms with Crippen LogP contribution < -0.4 is 11.5 Å². The Hall–Kier alpha value is -2.22. The van der Waals surface area contributed by atoms with Gasteiger partial charge in [0, 0.05) is 11.4 Å². The largest absolute Gasteiger partial charge is 0.398 e. The Bertz CT molecular complexity index is 584. The smallest absolute Gasteiger partial charge is 0.0438 e. The molecule has 0 atom stereocenters. The van der Waals surface area contributed by atoms with Crippen molar-refractivity contribution in [2.24, 2.45) is 0 Å². The fourth-order valence-corrected chi connectivity index (χ4v) is 1.93. The number of nitrogens with two attached hydrogens (primary N) is 2. The Morgan fingerprint density at radius 2 is 1.56 bits per heavy atom. The Kier molecular flexibility index (Phi) is 3.38. The van der Waals surface area contributed by atoms with E-state index < -0.39 is 0 Å². The molecule has 2 aromatic rings. The number of aryl methyl sites for hydroxylation is 1. The molecule has 0 radical (unpaired) electrons. The van der Waals surface area contributed by atoms with Gasteiger partial charge in [0.05, 0.1) is 0 Å². The van der Waals surface area contributed by atoms with Crippen LogP contribution in [0.1, 0.15) is 22.3 Å². The van der Waals surface area contributed by atoms with Crippen LogP contribution >= 0.6 is 0 Å². The van der Waals surface area contributed by atoms with Crippen LogP contribution in [0.3, 0.4) is 0 Å². The van der Waals surface area contributed by atoms with E-state index in [2.05, 4.69) is 18.2 Å². The van der Waals surface area contributed by atoms with Crippen molar-refractivity contribution in [3.05, 3.63) is 58.7 Å². The molecule has 2 nitrogen and oxygen atoms in total. The van der Waals surface area contributed by atoms with E-state index in [0.717, 1.165) is 33.6 Å². The maximum Gasteiger partial charge on any atom is 0.0438 e. The first-order valence-electron chi connectivity index (χ1n) is 5.98. The lowest BCUT2D eigenvalue weighted by Crippen LogP contribution is -2.01. The lowest BCUT2D eigenvalue weighted by Gasteiger charge is -2.11. The molecule has 0 saturated heterocycles. The highest BCUT2D eigenvalue weighted by molar-refractivity contribution is 5.81. The molecule has 18 heavy (non-hydrogen) atoms. The van der Waals surface area contributed by atoms with Gasteiger partial charge in [-0.3, -0.25) is 0 Å². The fraction of sp³-hybridized carbons (Fsp3) is 0.125. The van der Waals surface area contributed by atoms with E-state index in [1.54, 1.807) is 0 Å². The normalized spacial score (nSPS) is 11.0. The van der Waals surface area contributed by atoms with Gasteiger partial charge in [-0.1, -0.05) is 42.5 Å². The van der Waals surface area contributed by atoms with Crippen molar-refractivity contribution in [3.63, 3.8) is 0 Å². The van der Waals surface area contributed by atoms with Crippen LogP contribution in [0.4, 0.5) is 11.4 Å². The zero-order chi connectivity index (χ0) is 13.1. The van der Waals surface area contributed by atoms with Crippen molar-refractivity contribution in [1.29, 1.82) is 0 Å². The van der Waals surface area contributed by atoms with Crippen LogP contribution in [0.2, 0.25) is 0 Å². The van der Waals surface area contributed by atoms with Crippen LogP contribution in [0, 0.1) is 13.8 Å². The van der Waals surface area contributed by atoms with Gasteiger partial charge in [-0.2, -0.15) is 0 Å². The lowest BCUT2D eigenvalue weighted by molar-refractivity contribution is 1.38. The summed E-state index contributed by atoms with van der Waals surface area (Å²) in [4.78, 5) is 0. The topological polar surface area (TPSA) is 52.0 Å². The van der Waals surface area contributed by atoms with E-state index in [1.807, 2.05) is 44.2 Å². The third kappa shape index (κ3) is 2.38. The van der Waals surface area contributed by atoms with Crippen molar-refractivity contribution >= 4 is 23.5 Å². The minimum absolute atomic E-state index is 0.755. The molecule has 0 heterocycles. The van der Waals surface area contributed by atoms with Crippen molar-refractivity contribution in [2.45, 2.75) is 13.8 Å². The Morgan fingerprint density at radius 1 is 0.889 bits per heavy atom. The summed E-state index contributed by atoms with van der Waals surface area (Å²) in [5.74, 6) is 0. The van der Waals surface area contributed by atoms with Gasteiger partial charge in [-0.25, -0.2) is 0 Å². The molecular formula is C16H18N2. The second kappa shape index (κ2) is 4.96. The van der Waals surface area contributed by atoms with Crippen molar-refractivity contribution in [1.82, 2.24) is 0 Å². The Labute approximate surface area is 108 Å². The molecule has 0 fully saturated rings. The average Bonchev–Trinajstić information content (AvgIpc) is 2.40. The number of nitrogen functional groups attached to an aromatic ring is 2. The summed E-state index contributed by atoms with van der Waals surface area (Å²) in [6.45, 7) is 3.96. The summed E-state index contributed by atoms with van der Waals surface area (Å²) in [7, 11) is 0. The monoisotopic (exact) mass is 238 g/mol.